The van der Waals surface area contributed by atoms with Crippen molar-refractivity contribution >= 4 is 27.7 Å². The maximum absolute atomic E-state index is 12.2. The highest BCUT2D eigenvalue weighted by Crippen LogP contribution is 2.13. The van der Waals surface area contributed by atoms with Crippen molar-refractivity contribution in [2.24, 2.45) is 7.05 Å². The molecule has 134 valence electrons. The smallest absolute Gasteiger partial charge is 0.286 e. The van der Waals surface area contributed by atoms with Crippen LogP contribution in [0.2, 0.25) is 0 Å². The molecule has 0 radical (unpaired) electrons. The number of hydrazine groups is 1. The number of carbonyl (C=O) groups is 2. The minimum Gasteiger partial charge on any atom is -0.345 e. The standard InChI is InChI=1S/C18H23BrN4O2/c1-4-23(5-2)11-13-6-8-14(9-7-13)17(24)20-21-18(25)16-10-15(19)12-22(16)3/h6-10,12H,4-5,11H2,1-3H3,(H,20,24)(H,21,25). The molecule has 1 aromatic heterocycles. The molecule has 2 rings (SSSR count). The highest BCUT2D eigenvalue weighted by Gasteiger charge is 2.13. The van der Waals surface area contributed by atoms with Crippen LogP contribution in [0.25, 0.3) is 0 Å². The second-order valence-corrected chi connectivity index (χ2v) is 6.64. The summed E-state index contributed by atoms with van der Waals surface area (Å²) in [7, 11) is 1.76. The molecule has 1 aromatic carbocycles. The molecule has 0 unspecified atom stereocenters. The number of amides is 2. The Balaban J connectivity index is 1.92. The van der Waals surface area contributed by atoms with Gasteiger partial charge in [-0.1, -0.05) is 26.0 Å². The van der Waals surface area contributed by atoms with E-state index >= 15 is 0 Å². The topological polar surface area (TPSA) is 66.4 Å². The number of hydrogen-bond acceptors (Lipinski definition) is 3. The lowest BCUT2D eigenvalue weighted by atomic mass is 10.1. The summed E-state index contributed by atoms with van der Waals surface area (Å²) in [5.74, 6) is -0.726. The molecule has 6 nitrogen and oxygen atoms in total. The van der Waals surface area contributed by atoms with Crippen LogP contribution in [0.5, 0.6) is 0 Å². The van der Waals surface area contributed by atoms with Gasteiger partial charge in [0.05, 0.1) is 0 Å². The van der Waals surface area contributed by atoms with E-state index in [1.807, 2.05) is 12.1 Å². The first-order chi connectivity index (χ1) is 11.9. The molecule has 0 spiro atoms. The van der Waals surface area contributed by atoms with Crippen LogP contribution < -0.4 is 10.9 Å². The largest absolute Gasteiger partial charge is 0.345 e. The number of aromatic nitrogens is 1. The van der Waals surface area contributed by atoms with Gasteiger partial charge in [-0.2, -0.15) is 0 Å². The van der Waals surface area contributed by atoms with Crippen molar-refractivity contribution in [1.29, 1.82) is 0 Å². The molecule has 0 atom stereocenters. The van der Waals surface area contributed by atoms with Crippen LogP contribution in [0.1, 0.15) is 40.3 Å². The zero-order valence-electron chi connectivity index (χ0n) is 14.7. The summed E-state index contributed by atoms with van der Waals surface area (Å²) in [6.45, 7) is 7.08. The molecular weight excluding hydrogens is 384 g/mol. The van der Waals surface area contributed by atoms with E-state index in [0.717, 1.165) is 29.7 Å². The van der Waals surface area contributed by atoms with Gasteiger partial charge >= 0.3 is 0 Å². The predicted octanol–water partition coefficient (Wildman–Crippen LogP) is 2.70. The number of aryl methyl sites for hydroxylation is 1. The van der Waals surface area contributed by atoms with Crippen molar-refractivity contribution in [3.63, 3.8) is 0 Å². The average Bonchev–Trinajstić information content (AvgIpc) is 2.96. The Kier molecular flexibility index (Phi) is 6.78. The van der Waals surface area contributed by atoms with E-state index in [9.17, 15) is 9.59 Å². The van der Waals surface area contributed by atoms with Gasteiger partial charge in [0, 0.05) is 29.8 Å². The van der Waals surface area contributed by atoms with Crippen LogP contribution >= 0.6 is 15.9 Å². The summed E-state index contributed by atoms with van der Waals surface area (Å²) in [4.78, 5) is 26.5. The Morgan fingerprint density at radius 3 is 2.20 bits per heavy atom. The molecule has 0 bridgehead atoms. The van der Waals surface area contributed by atoms with Crippen LogP contribution in [0.3, 0.4) is 0 Å². The molecule has 0 aliphatic carbocycles. The van der Waals surface area contributed by atoms with Gasteiger partial charge in [-0.15, -0.1) is 0 Å². The molecule has 2 N–H and O–H groups in total. The number of carbonyl (C=O) groups excluding carboxylic acids is 2. The number of nitrogens with zero attached hydrogens (tertiary/aromatic N) is 2. The van der Waals surface area contributed by atoms with E-state index in [1.165, 1.54) is 0 Å². The maximum Gasteiger partial charge on any atom is 0.286 e. The molecule has 25 heavy (non-hydrogen) atoms. The quantitative estimate of drug-likeness (QED) is 0.724. The minimum atomic E-state index is -0.375. The fourth-order valence-electron chi connectivity index (χ4n) is 2.47. The van der Waals surface area contributed by atoms with Crippen molar-refractivity contribution in [3.8, 4) is 0 Å². The Morgan fingerprint density at radius 1 is 1.08 bits per heavy atom. The minimum absolute atomic E-state index is 0.351. The van der Waals surface area contributed by atoms with Crippen molar-refractivity contribution in [3.05, 3.63) is 57.8 Å². The van der Waals surface area contributed by atoms with Crippen LogP contribution in [-0.4, -0.2) is 34.4 Å². The molecule has 0 aliphatic rings. The normalized spacial score (nSPS) is 10.8. The Labute approximate surface area is 156 Å². The third-order valence-corrected chi connectivity index (χ3v) is 4.44. The van der Waals surface area contributed by atoms with E-state index < -0.39 is 0 Å². The molecular formula is C18H23BrN4O2. The second kappa shape index (κ2) is 8.82. The van der Waals surface area contributed by atoms with Crippen molar-refractivity contribution in [1.82, 2.24) is 20.3 Å². The van der Waals surface area contributed by atoms with E-state index in [0.29, 0.717) is 11.3 Å². The van der Waals surface area contributed by atoms with Gasteiger partial charge in [0.1, 0.15) is 5.69 Å². The van der Waals surface area contributed by atoms with E-state index in [1.54, 1.807) is 36.0 Å². The third-order valence-electron chi connectivity index (χ3n) is 4.01. The van der Waals surface area contributed by atoms with Crippen molar-refractivity contribution in [2.45, 2.75) is 20.4 Å². The predicted molar refractivity (Wildman–Crippen MR) is 101 cm³/mol. The van der Waals surface area contributed by atoms with Crippen molar-refractivity contribution in [2.75, 3.05) is 13.1 Å². The van der Waals surface area contributed by atoms with E-state index in [-0.39, 0.29) is 11.8 Å². The first-order valence-corrected chi connectivity index (χ1v) is 8.97. The van der Waals surface area contributed by atoms with Gasteiger partial charge in [0.25, 0.3) is 11.8 Å². The lowest BCUT2D eigenvalue weighted by Gasteiger charge is -2.18. The van der Waals surface area contributed by atoms with Crippen LogP contribution in [0.4, 0.5) is 0 Å². The highest BCUT2D eigenvalue weighted by atomic mass is 79.9. The molecule has 7 heteroatoms. The zero-order valence-corrected chi connectivity index (χ0v) is 16.3. The summed E-state index contributed by atoms with van der Waals surface area (Å²) < 4.78 is 2.48. The van der Waals surface area contributed by atoms with Crippen LogP contribution in [0.15, 0.2) is 41.0 Å². The first kappa shape index (κ1) is 19.2. The number of nitrogens with one attached hydrogen (secondary N) is 2. The summed E-state index contributed by atoms with van der Waals surface area (Å²) >= 11 is 3.31. The summed E-state index contributed by atoms with van der Waals surface area (Å²) in [5, 5.41) is 0. The lowest BCUT2D eigenvalue weighted by molar-refractivity contribution is 0.0842. The fourth-order valence-corrected chi connectivity index (χ4v) is 2.99. The lowest BCUT2D eigenvalue weighted by Crippen LogP contribution is -2.42. The molecule has 0 aliphatic heterocycles. The fraction of sp³-hybridized carbons (Fsp3) is 0.333. The van der Waals surface area contributed by atoms with Gasteiger partial charge in [0.15, 0.2) is 0 Å². The molecule has 2 aromatic rings. The molecule has 2 amide bonds. The van der Waals surface area contributed by atoms with Gasteiger partial charge in [-0.3, -0.25) is 25.3 Å². The van der Waals surface area contributed by atoms with Gasteiger partial charge < -0.3 is 4.57 Å². The zero-order chi connectivity index (χ0) is 18.4. The summed E-state index contributed by atoms with van der Waals surface area (Å²) in [5.41, 5.74) is 6.96. The van der Waals surface area contributed by atoms with E-state index in [2.05, 4.69) is 45.5 Å². The molecule has 0 saturated carbocycles. The second-order valence-electron chi connectivity index (χ2n) is 5.72. The maximum atomic E-state index is 12.2. The van der Waals surface area contributed by atoms with Crippen molar-refractivity contribution < 1.29 is 9.59 Å². The monoisotopic (exact) mass is 406 g/mol. The van der Waals surface area contributed by atoms with Gasteiger partial charge in [0.2, 0.25) is 0 Å². The number of hydrogen-bond donors (Lipinski definition) is 2. The van der Waals surface area contributed by atoms with Gasteiger partial charge in [-0.05, 0) is 52.8 Å². The number of halogens is 1. The Morgan fingerprint density at radius 2 is 1.68 bits per heavy atom. The number of benzene rings is 1. The molecule has 0 fully saturated rings. The first-order valence-electron chi connectivity index (χ1n) is 8.18. The molecule has 0 saturated heterocycles. The SMILES string of the molecule is CCN(CC)Cc1ccc(C(=O)NNC(=O)c2cc(Br)cn2C)cc1. The van der Waals surface area contributed by atoms with Crippen LogP contribution in [0, 0.1) is 0 Å². The van der Waals surface area contributed by atoms with Gasteiger partial charge in [-0.25, -0.2) is 0 Å². The highest BCUT2D eigenvalue weighted by molar-refractivity contribution is 9.10. The summed E-state index contributed by atoms with van der Waals surface area (Å²) in [6, 6.07) is 9.08. The number of rotatable bonds is 6. The average molecular weight is 407 g/mol. The summed E-state index contributed by atoms with van der Waals surface area (Å²) in [6.07, 6.45) is 1.77. The van der Waals surface area contributed by atoms with Crippen LogP contribution in [-0.2, 0) is 13.6 Å². The Hall–Kier alpha value is -2.12. The molecule has 1 heterocycles. The third kappa shape index (κ3) is 5.17. The Bertz CT molecular complexity index is 736. The van der Waals surface area contributed by atoms with E-state index in [4.69, 9.17) is 0 Å².